The minimum atomic E-state index is -0.152. The van der Waals surface area contributed by atoms with Crippen LogP contribution < -0.4 is 57.3 Å². The third-order valence-electron chi connectivity index (χ3n) is 19.8. The first kappa shape index (κ1) is 54.5. The van der Waals surface area contributed by atoms with Crippen molar-refractivity contribution in [1.29, 1.82) is 0 Å². The first-order chi connectivity index (χ1) is 47.1. The Balaban J connectivity index is 0.890. The van der Waals surface area contributed by atoms with Crippen LogP contribution in [0.4, 0.5) is 85.3 Å². The Morgan fingerprint density at radius 1 is 0.295 bits per heavy atom. The predicted molar refractivity (Wildman–Crippen MR) is 401 cm³/mol. The van der Waals surface area contributed by atoms with Crippen molar-refractivity contribution in [2.24, 2.45) is 0 Å². The van der Waals surface area contributed by atoms with Gasteiger partial charge in [0.2, 0.25) is 6.71 Å². The number of anilines is 15. The van der Waals surface area contributed by atoms with Gasteiger partial charge in [-0.2, -0.15) is 0 Å². The van der Waals surface area contributed by atoms with E-state index in [4.69, 9.17) is 4.42 Å². The number of rotatable bonds is 10. The Hall–Kier alpha value is -12.3. The molecule has 0 N–H and O–H groups in total. The van der Waals surface area contributed by atoms with Crippen molar-refractivity contribution in [3.8, 4) is 0 Å². The Kier molecular flexibility index (Phi) is 12.8. The highest BCUT2D eigenvalue weighted by molar-refractivity contribution is 7.01. The minimum absolute atomic E-state index is 0.145. The van der Waals surface area contributed by atoms with Crippen LogP contribution in [0, 0.1) is 0 Å². The number of hydrogen-bond acceptors (Lipinski definition) is 6. The Labute approximate surface area is 553 Å². The number of furan rings is 1. The van der Waals surface area contributed by atoms with Gasteiger partial charge < -0.3 is 28.9 Å². The fourth-order valence-corrected chi connectivity index (χ4v) is 15.8. The Morgan fingerprint density at radius 3 is 1.14 bits per heavy atom. The van der Waals surface area contributed by atoms with Gasteiger partial charge in [0.05, 0.1) is 5.69 Å². The van der Waals surface area contributed by atoms with Crippen molar-refractivity contribution < 1.29 is 4.42 Å². The maximum atomic E-state index is 7.53. The Morgan fingerprint density at radius 2 is 0.663 bits per heavy atom. The van der Waals surface area contributed by atoms with Gasteiger partial charge in [0.25, 0.3) is 6.71 Å². The average molecular weight is 1210 g/mol. The molecule has 14 aromatic carbocycles. The van der Waals surface area contributed by atoms with E-state index in [9.17, 15) is 0 Å². The van der Waals surface area contributed by atoms with E-state index in [1.807, 2.05) is 0 Å². The van der Waals surface area contributed by atoms with E-state index in [1.54, 1.807) is 0 Å². The van der Waals surface area contributed by atoms with Crippen LogP contribution in [0.15, 0.2) is 344 Å². The molecule has 15 aromatic rings. The van der Waals surface area contributed by atoms with Crippen LogP contribution in [-0.4, -0.2) is 13.4 Å². The zero-order valence-corrected chi connectivity index (χ0v) is 51.9. The smallest absolute Gasteiger partial charge is 0.252 e. The summed E-state index contributed by atoms with van der Waals surface area (Å²) in [4.78, 5) is 12.3. The highest BCUT2D eigenvalue weighted by Crippen LogP contribution is 2.51. The van der Waals surface area contributed by atoms with Crippen molar-refractivity contribution >= 4 is 165 Å². The third kappa shape index (κ3) is 8.90. The summed E-state index contributed by atoms with van der Waals surface area (Å²) in [7, 11) is 0. The maximum absolute atomic E-state index is 7.53. The predicted octanol–water partition coefficient (Wildman–Crippen LogP) is 19.0. The van der Waals surface area contributed by atoms with E-state index in [0.29, 0.717) is 0 Å². The molecule has 0 saturated carbocycles. The van der Waals surface area contributed by atoms with E-state index < -0.39 is 0 Å². The van der Waals surface area contributed by atoms with Crippen molar-refractivity contribution in [3.05, 3.63) is 356 Å². The number of para-hydroxylation sites is 8. The zero-order chi connectivity index (χ0) is 62.5. The van der Waals surface area contributed by atoms with Crippen molar-refractivity contribution in [2.45, 2.75) is 6.42 Å². The lowest BCUT2D eigenvalue weighted by Gasteiger charge is -2.45. The lowest BCUT2D eigenvalue weighted by atomic mass is 9.33. The molecule has 0 amide bonds. The number of benzene rings is 14. The largest absolute Gasteiger partial charge is 0.456 e. The maximum Gasteiger partial charge on any atom is 0.252 e. The normalized spacial score (nSPS) is 13.6. The summed E-state index contributed by atoms with van der Waals surface area (Å²) in [5.41, 5.74) is 30.5. The molecule has 19 rings (SSSR count). The summed E-state index contributed by atoms with van der Waals surface area (Å²) < 4.78 is 7.53. The fraction of sp³-hybridized carbons (Fsp3) is 0.0115. The molecule has 0 saturated heterocycles. The molecule has 444 valence electrons. The van der Waals surface area contributed by atoms with Crippen molar-refractivity contribution in [2.75, 3.05) is 24.5 Å². The molecule has 0 atom stereocenters. The molecule has 0 unspecified atom stereocenters. The first-order valence-electron chi connectivity index (χ1n) is 32.8. The van der Waals surface area contributed by atoms with Crippen LogP contribution in [-0.2, 0) is 6.42 Å². The number of nitrogens with zero attached hydrogens (tertiary/aromatic N) is 5. The summed E-state index contributed by atoms with van der Waals surface area (Å²) in [6.07, 6.45) is 3.18. The van der Waals surface area contributed by atoms with E-state index in [2.05, 4.69) is 370 Å². The van der Waals surface area contributed by atoms with Gasteiger partial charge in [0, 0.05) is 103 Å². The molecule has 1 aromatic heterocycles. The molecule has 95 heavy (non-hydrogen) atoms. The van der Waals surface area contributed by atoms with Gasteiger partial charge in [0.1, 0.15) is 11.2 Å². The molecule has 4 aliphatic rings. The Bertz CT molecular complexity index is 5410. The number of fused-ring (bicyclic) bond motifs is 11. The molecule has 0 aliphatic carbocycles. The van der Waals surface area contributed by atoms with Gasteiger partial charge in [0.15, 0.2) is 0 Å². The zero-order valence-electron chi connectivity index (χ0n) is 51.9. The van der Waals surface area contributed by atoms with Gasteiger partial charge in [-0.15, -0.1) is 0 Å². The summed E-state index contributed by atoms with van der Waals surface area (Å²) >= 11 is 0. The second-order valence-electron chi connectivity index (χ2n) is 25.1. The molecule has 0 radical (unpaired) electrons. The van der Waals surface area contributed by atoms with Crippen LogP contribution in [0.1, 0.15) is 16.7 Å². The highest BCUT2D eigenvalue weighted by Gasteiger charge is 2.46. The van der Waals surface area contributed by atoms with Crippen molar-refractivity contribution in [1.82, 2.24) is 0 Å². The van der Waals surface area contributed by atoms with Gasteiger partial charge in [-0.25, -0.2) is 0 Å². The third-order valence-corrected chi connectivity index (χ3v) is 19.8. The number of hydrogen-bond donors (Lipinski definition) is 0. The molecule has 0 spiro atoms. The van der Waals surface area contributed by atoms with Gasteiger partial charge in [-0.05, 0) is 171 Å². The molecule has 4 aliphatic heterocycles. The van der Waals surface area contributed by atoms with Crippen LogP contribution in [0.2, 0.25) is 0 Å². The van der Waals surface area contributed by atoms with Crippen LogP contribution in [0.5, 0.6) is 0 Å². The second kappa shape index (κ2) is 22.3. The quantitative estimate of drug-likeness (QED) is 0.127. The summed E-state index contributed by atoms with van der Waals surface area (Å²) in [6.45, 7) is -0.297. The first-order valence-corrected chi connectivity index (χ1v) is 32.8. The lowest BCUT2D eigenvalue weighted by Crippen LogP contribution is -2.61. The minimum Gasteiger partial charge on any atom is -0.456 e. The van der Waals surface area contributed by atoms with Gasteiger partial charge >= 0.3 is 0 Å². The highest BCUT2D eigenvalue weighted by atomic mass is 16.3. The molecule has 5 heterocycles. The number of allylic oxidation sites excluding steroid dienone is 1. The van der Waals surface area contributed by atoms with E-state index in [0.717, 1.165) is 114 Å². The van der Waals surface area contributed by atoms with Crippen LogP contribution in [0.25, 0.3) is 33.6 Å². The standard InChI is InChI=1S/C87H59B2N5O/c1-9-29-59(30-10-1)49-61-50-60-31-25-26-46-74(60)88-76-55-72-73-56-77-80(58-85(73)95-84(72)57-79(76)93(67-42-21-7-22-43-67)81-52-69(51-71(61)86(81)88)90(62-32-11-2-12-33-62)63-34-13-3-14-35-63)94(68-44-23-8-24-45-68)83-54-70(91(64-36-15-4-16-37-64)65-38-17-5-18-39-65)53-82-87(83)89(77)75-47-27-28-48-78(75)92(82)66-40-19-6-20-41-66/h1-49,51-58H,50H2/b61-49-. The van der Waals surface area contributed by atoms with E-state index >= 15 is 0 Å². The molecular weight excluding hydrogens is 1150 g/mol. The molecule has 0 bridgehead atoms. The second-order valence-corrected chi connectivity index (χ2v) is 25.1. The molecule has 0 fully saturated rings. The van der Waals surface area contributed by atoms with Crippen LogP contribution in [0.3, 0.4) is 0 Å². The average Bonchev–Trinajstić information content (AvgIpc) is 1.63. The monoisotopic (exact) mass is 1210 g/mol. The van der Waals surface area contributed by atoms with E-state index in [1.165, 1.54) is 55.0 Å². The molecular formula is C87H59B2N5O. The summed E-state index contributed by atoms with van der Waals surface area (Å²) in [5, 5.41) is 2.17. The van der Waals surface area contributed by atoms with Gasteiger partial charge in [-0.1, -0.05) is 224 Å². The summed E-state index contributed by atoms with van der Waals surface area (Å²) in [5.74, 6) is 0. The summed E-state index contributed by atoms with van der Waals surface area (Å²) in [6, 6.07) is 125. The SMILES string of the molecule is C(=C1\Cc2ccccc2B2c3cc4c(cc3N(c3ccccc3)c3cc(N(c5ccccc5)c5ccccc5)cc1c32)oc1cc2c(cc14)B1c3ccccc3N(c3ccccc3)c3cc(N(c4ccccc4)c4ccccc4)cc(c31)N2c1ccccc1)/c1ccccc1. The molecule has 6 nitrogen and oxygen atoms in total. The molecule has 8 heteroatoms. The van der Waals surface area contributed by atoms with Crippen LogP contribution >= 0.6 is 0 Å². The lowest BCUT2D eigenvalue weighted by molar-refractivity contribution is 0.669. The topological polar surface area (TPSA) is 29.3 Å². The van der Waals surface area contributed by atoms with E-state index in [-0.39, 0.29) is 13.4 Å². The van der Waals surface area contributed by atoms with Gasteiger partial charge in [-0.3, -0.25) is 0 Å². The van der Waals surface area contributed by atoms with Crippen molar-refractivity contribution in [3.63, 3.8) is 0 Å². The fourth-order valence-electron chi connectivity index (χ4n) is 15.8.